The zero-order valence-corrected chi connectivity index (χ0v) is 14.8. The molecule has 0 atom stereocenters. The average molecular weight is 355 g/mol. The third-order valence-corrected chi connectivity index (χ3v) is 7.54. The van der Waals surface area contributed by atoms with Crippen LogP contribution in [0.2, 0.25) is 0 Å². The molecule has 4 rings (SSSR count). The summed E-state index contributed by atoms with van der Waals surface area (Å²) in [6.07, 6.45) is 3.23. The van der Waals surface area contributed by atoms with Gasteiger partial charge in [0.05, 0.1) is 4.90 Å². The van der Waals surface area contributed by atoms with E-state index in [-0.39, 0.29) is 5.78 Å². The van der Waals surface area contributed by atoms with Crippen LogP contribution in [0, 0.1) is 0 Å². The standard InChI is InChI=1S/C20H21NO3S/c22-17-11-14-21(20(15-17)12-6-13-20)25(23,24)19-10-5-4-9-18(19)16-7-2-1-3-8-16/h1-5,7-10H,6,11-15H2. The van der Waals surface area contributed by atoms with E-state index in [0.717, 1.165) is 30.4 Å². The van der Waals surface area contributed by atoms with Crippen molar-refractivity contribution >= 4 is 15.8 Å². The quantitative estimate of drug-likeness (QED) is 0.845. The third kappa shape index (κ3) is 2.71. The van der Waals surface area contributed by atoms with Crippen LogP contribution in [-0.4, -0.2) is 30.6 Å². The van der Waals surface area contributed by atoms with Gasteiger partial charge in [-0.1, -0.05) is 48.5 Å². The first-order valence-electron chi connectivity index (χ1n) is 8.72. The highest BCUT2D eigenvalue weighted by molar-refractivity contribution is 7.89. The van der Waals surface area contributed by atoms with Gasteiger partial charge in [0.25, 0.3) is 0 Å². The lowest BCUT2D eigenvalue weighted by Crippen LogP contribution is -2.60. The van der Waals surface area contributed by atoms with Crippen LogP contribution in [0.1, 0.15) is 32.1 Å². The summed E-state index contributed by atoms with van der Waals surface area (Å²) in [6, 6.07) is 16.7. The smallest absolute Gasteiger partial charge is 0.244 e. The summed E-state index contributed by atoms with van der Waals surface area (Å²) in [7, 11) is -3.65. The Bertz CT molecular complexity index is 902. The summed E-state index contributed by atoms with van der Waals surface area (Å²) >= 11 is 0. The first-order valence-corrected chi connectivity index (χ1v) is 10.2. The van der Waals surface area contributed by atoms with Crippen molar-refractivity contribution in [1.29, 1.82) is 0 Å². The molecule has 0 bridgehead atoms. The Hall–Kier alpha value is -1.98. The van der Waals surface area contributed by atoms with Crippen LogP contribution in [0.25, 0.3) is 11.1 Å². The Morgan fingerprint density at radius 2 is 1.60 bits per heavy atom. The predicted molar refractivity (Wildman–Crippen MR) is 96.6 cm³/mol. The number of Topliss-reactive ketones (excluding diaryl/α,β-unsaturated/α-hetero) is 1. The minimum Gasteiger partial charge on any atom is -0.300 e. The van der Waals surface area contributed by atoms with Gasteiger partial charge in [0, 0.05) is 30.5 Å². The summed E-state index contributed by atoms with van der Waals surface area (Å²) in [4.78, 5) is 12.3. The van der Waals surface area contributed by atoms with Gasteiger partial charge in [-0.25, -0.2) is 8.42 Å². The molecule has 2 aromatic rings. The fraction of sp³-hybridized carbons (Fsp3) is 0.350. The number of hydrogen-bond donors (Lipinski definition) is 0. The molecule has 0 unspecified atom stereocenters. The molecule has 1 aliphatic carbocycles. The van der Waals surface area contributed by atoms with Crippen LogP contribution in [-0.2, 0) is 14.8 Å². The van der Waals surface area contributed by atoms with Gasteiger partial charge in [-0.05, 0) is 30.9 Å². The molecule has 25 heavy (non-hydrogen) atoms. The van der Waals surface area contributed by atoms with Crippen LogP contribution in [0.15, 0.2) is 59.5 Å². The van der Waals surface area contributed by atoms with E-state index in [9.17, 15) is 13.2 Å². The van der Waals surface area contributed by atoms with Gasteiger partial charge < -0.3 is 0 Å². The lowest BCUT2D eigenvalue weighted by Gasteiger charge is -2.51. The van der Waals surface area contributed by atoms with Gasteiger partial charge in [-0.3, -0.25) is 4.79 Å². The van der Waals surface area contributed by atoms with Gasteiger partial charge in [-0.15, -0.1) is 0 Å². The van der Waals surface area contributed by atoms with Crippen molar-refractivity contribution in [2.45, 2.75) is 42.5 Å². The summed E-state index contributed by atoms with van der Waals surface area (Å²) in [5.41, 5.74) is 1.12. The summed E-state index contributed by atoms with van der Waals surface area (Å²) < 4.78 is 28.6. The van der Waals surface area contributed by atoms with Crippen molar-refractivity contribution in [3.8, 4) is 11.1 Å². The number of ketones is 1. The molecule has 1 saturated heterocycles. The molecule has 2 fully saturated rings. The van der Waals surface area contributed by atoms with E-state index in [1.54, 1.807) is 16.4 Å². The number of carbonyl (C=O) groups is 1. The molecule has 4 nitrogen and oxygen atoms in total. The van der Waals surface area contributed by atoms with Gasteiger partial charge in [0.2, 0.25) is 10.0 Å². The second-order valence-electron chi connectivity index (χ2n) is 6.98. The molecule has 0 amide bonds. The number of carbonyl (C=O) groups excluding carboxylic acids is 1. The average Bonchev–Trinajstić information content (AvgIpc) is 2.61. The van der Waals surface area contributed by atoms with Crippen molar-refractivity contribution in [1.82, 2.24) is 4.31 Å². The summed E-state index contributed by atoms with van der Waals surface area (Å²) in [6.45, 7) is 0.296. The second-order valence-corrected chi connectivity index (χ2v) is 8.81. The Morgan fingerprint density at radius 1 is 0.920 bits per heavy atom. The fourth-order valence-electron chi connectivity index (χ4n) is 4.06. The van der Waals surface area contributed by atoms with Gasteiger partial charge >= 0.3 is 0 Å². The van der Waals surface area contributed by atoms with Gasteiger partial charge in [0.15, 0.2) is 0 Å². The van der Waals surface area contributed by atoms with Crippen LogP contribution in [0.5, 0.6) is 0 Å². The first kappa shape index (κ1) is 16.5. The molecule has 2 aromatic carbocycles. The van der Waals surface area contributed by atoms with E-state index < -0.39 is 15.6 Å². The number of nitrogens with zero attached hydrogens (tertiary/aromatic N) is 1. The van der Waals surface area contributed by atoms with Crippen LogP contribution >= 0.6 is 0 Å². The van der Waals surface area contributed by atoms with Crippen molar-refractivity contribution in [3.63, 3.8) is 0 Å². The monoisotopic (exact) mass is 355 g/mol. The number of hydrogen-bond acceptors (Lipinski definition) is 3. The van der Waals surface area contributed by atoms with Gasteiger partial charge in [-0.2, -0.15) is 4.31 Å². The lowest BCUT2D eigenvalue weighted by atomic mass is 9.71. The molecule has 130 valence electrons. The Kier molecular flexibility index (Phi) is 4.01. The number of sulfonamides is 1. The second kappa shape index (κ2) is 6.07. The van der Waals surface area contributed by atoms with E-state index in [0.29, 0.717) is 24.3 Å². The minimum atomic E-state index is -3.65. The van der Waals surface area contributed by atoms with E-state index in [1.807, 2.05) is 42.5 Å². The molecule has 5 heteroatoms. The Morgan fingerprint density at radius 3 is 2.28 bits per heavy atom. The van der Waals surface area contributed by atoms with Crippen LogP contribution in [0.4, 0.5) is 0 Å². The largest absolute Gasteiger partial charge is 0.300 e. The number of piperidine rings is 1. The molecule has 2 aliphatic rings. The molecular formula is C20H21NO3S. The summed E-state index contributed by atoms with van der Waals surface area (Å²) in [5.74, 6) is 0.183. The maximum Gasteiger partial charge on any atom is 0.244 e. The number of benzene rings is 2. The van der Waals surface area contributed by atoms with E-state index in [4.69, 9.17) is 0 Å². The zero-order valence-electron chi connectivity index (χ0n) is 14.0. The maximum atomic E-state index is 13.5. The van der Waals surface area contributed by atoms with E-state index in [2.05, 4.69) is 0 Å². The van der Waals surface area contributed by atoms with Crippen LogP contribution < -0.4 is 0 Å². The van der Waals surface area contributed by atoms with Crippen molar-refractivity contribution in [2.75, 3.05) is 6.54 Å². The topological polar surface area (TPSA) is 54.5 Å². The van der Waals surface area contributed by atoms with Gasteiger partial charge in [0.1, 0.15) is 5.78 Å². The highest BCUT2D eigenvalue weighted by Gasteiger charge is 2.51. The minimum absolute atomic E-state index is 0.183. The molecule has 1 heterocycles. The fourth-order valence-corrected chi connectivity index (χ4v) is 6.10. The van der Waals surface area contributed by atoms with Crippen LogP contribution in [0.3, 0.4) is 0 Å². The zero-order chi connectivity index (χ0) is 17.5. The predicted octanol–water partition coefficient (Wildman–Crippen LogP) is 3.63. The number of rotatable bonds is 3. The molecule has 1 spiro atoms. The molecule has 0 aromatic heterocycles. The molecule has 1 saturated carbocycles. The van der Waals surface area contributed by atoms with Crippen molar-refractivity contribution in [2.24, 2.45) is 0 Å². The van der Waals surface area contributed by atoms with E-state index >= 15 is 0 Å². The normalized spacial score (nSPS) is 20.4. The highest BCUT2D eigenvalue weighted by atomic mass is 32.2. The highest BCUT2D eigenvalue weighted by Crippen LogP contribution is 2.46. The van der Waals surface area contributed by atoms with Crippen molar-refractivity contribution in [3.05, 3.63) is 54.6 Å². The third-order valence-electron chi connectivity index (χ3n) is 5.47. The first-order chi connectivity index (χ1) is 12.0. The Balaban J connectivity index is 1.80. The Labute approximate surface area is 148 Å². The molecule has 0 radical (unpaired) electrons. The SMILES string of the molecule is O=C1CCN(S(=O)(=O)c2ccccc2-c2ccccc2)C2(CCC2)C1. The van der Waals surface area contributed by atoms with E-state index in [1.165, 1.54) is 0 Å². The molecule has 1 aliphatic heterocycles. The molecule has 0 N–H and O–H groups in total. The van der Waals surface area contributed by atoms with Crippen molar-refractivity contribution < 1.29 is 13.2 Å². The lowest BCUT2D eigenvalue weighted by molar-refractivity contribution is -0.126. The summed E-state index contributed by atoms with van der Waals surface area (Å²) in [5, 5.41) is 0. The molecular weight excluding hydrogens is 334 g/mol. The maximum absolute atomic E-state index is 13.5.